The predicted molar refractivity (Wildman–Crippen MR) is 73.3 cm³/mol. The number of piperidine rings is 1. The smallest absolute Gasteiger partial charge is 0.317 e. The van der Waals surface area contributed by atoms with E-state index in [9.17, 15) is 4.79 Å². The van der Waals surface area contributed by atoms with Crippen molar-refractivity contribution in [3.8, 4) is 0 Å². The minimum absolute atomic E-state index is 0.136. The zero-order valence-corrected chi connectivity index (χ0v) is 11.5. The highest BCUT2D eigenvalue weighted by molar-refractivity contribution is 5.74. The molecular formula is C14H27N3O. The Kier molecular flexibility index (Phi) is 4.87. The molecule has 0 spiro atoms. The zero-order chi connectivity index (χ0) is 13.0. The molecule has 0 unspecified atom stereocenters. The molecule has 18 heavy (non-hydrogen) atoms. The Labute approximate surface area is 110 Å². The van der Waals surface area contributed by atoms with Gasteiger partial charge in [0.15, 0.2) is 0 Å². The number of hydrogen-bond acceptors (Lipinski definition) is 2. The lowest BCUT2D eigenvalue weighted by molar-refractivity contribution is 0.171. The molecule has 0 bridgehead atoms. The van der Waals surface area contributed by atoms with Gasteiger partial charge in [0, 0.05) is 25.7 Å². The third-order valence-electron chi connectivity index (χ3n) is 4.50. The van der Waals surface area contributed by atoms with Crippen LogP contribution >= 0.6 is 0 Å². The topological polar surface area (TPSA) is 58.4 Å². The van der Waals surface area contributed by atoms with Crippen molar-refractivity contribution < 1.29 is 4.79 Å². The summed E-state index contributed by atoms with van der Waals surface area (Å²) < 4.78 is 0. The first-order chi connectivity index (χ1) is 8.65. The number of nitrogens with one attached hydrogen (secondary N) is 1. The molecule has 0 radical (unpaired) electrons. The van der Waals surface area contributed by atoms with E-state index >= 15 is 0 Å². The van der Waals surface area contributed by atoms with Crippen molar-refractivity contribution in [3.63, 3.8) is 0 Å². The molecule has 2 aliphatic rings. The summed E-state index contributed by atoms with van der Waals surface area (Å²) in [7, 11) is 0. The molecule has 0 aromatic rings. The summed E-state index contributed by atoms with van der Waals surface area (Å²) in [5, 5.41) is 3.10. The lowest BCUT2D eigenvalue weighted by Gasteiger charge is -2.31. The average Bonchev–Trinajstić information content (AvgIpc) is 2.38. The molecule has 2 fully saturated rings. The monoisotopic (exact) mass is 253 g/mol. The SMILES string of the molecule is CC1CCN(C(=O)NCC2CCC(N)CC2)CC1. The van der Waals surface area contributed by atoms with Gasteiger partial charge in [-0.15, -0.1) is 0 Å². The van der Waals surface area contributed by atoms with Gasteiger partial charge < -0.3 is 16.0 Å². The number of nitrogens with zero attached hydrogens (tertiary/aromatic N) is 1. The van der Waals surface area contributed by atoms with Gasteiger partial charge in [-0.1, -0.05) is 6.92 Å². The molecule has 0 atom stereocenters. The van der Waals surface area contributed by atoms with Gasteiger partial charge in [-0.25, -0.2) is 4.79 Å². The Hall–Kier alpha value is -0.770. The number of carbonyl (C=O) groups is 1. The van der Waals surface area contributed by atoms with E-state index in [4.69, 9.17) is 5.73 Å². The van der Waals surface area contributed by atoms with Gasteiger partial charge in [0.1, 0.15) is 0 Å². The normalized spacial score (nSPS) is 30.2. The molecule has 1 heterocycles. The van der Waals surface area contributed by atoms with E-state index in [-0.39, 0.29) is 6.03 Å². The second kappa shape index (κ2) is 6.41. The molecule has 2 rings (SSSR count). The Morgan fingerprint density at radius 2 is 1.78 bits per heavy atom. The first-order valence-electron chi connectivity index (χ1n) is 7.43. The van der Waals surface area contributed by atoms with Crippen LogP contribution in [0.25, 0.3) is 0 Å². The second-order valence-corrected chi connectivity index (χ2v) is 6.14. The zero-order valence-electron chi connectivity index (χ0n) is 11.5. The molecule has 2 amide bonds. The highest BCUT2D eigenvalue weighted by atomic mass is 16.2. The average molecular weight is 253 g/mol. The van der Waals surface area contributed by atoms with Gasteiger partial charge in [-0.3, -0.25) is 0 Å². The first kappa shape index (κ1) is 13.7. The number of nitrogens with two attached hydrogens (primary N) is 1. The van der Waals surface area contributed by atoms with E-state index < -0.39 is 0 Å². The molecule has 3 N–H and O–H groups in total. The van der Waals surface area contributed by atoms with Crippen LogP contribution in [0.2, 0.25) is 0 Å². The summed E-state index contributed by atoms with van der Waals surface area (Å²) in [6, 6.07) is 0.525. The quantitative estimate of drug-likeness (QED) is 0.790. The summed E-state index contributed by atoms with van der Waals surface area (Å²) in [6.45, 7) is 4.93. The second-order valence-electron chi connectivity index (χ2n) is 6.14. The number of hydrogen-bond donors (Lipinski definition) is 2. The van der Waals surface area contributed by atoms with Gasteiger partial charge in [0.2, 0.25) is 0 Å². The van der Waals surface area contributed by atoms with Crippen LogP contribution in [0.3, 0.4) is 0 Å². The van der Waals surface area contributed by atoms with Crippen LogP contribution in [-0.4, -0.2) is 36.6 Å². The maximum Gasteiger partial charge on any atom is 0.317 e. The standard InChI is InChI=1S/C14H27N3O/c1-11-6-8-17(9-7-11)14(18)16-10-12-2-4-13(15)5-3-12/h11-13H,2-10,15H2,1H3,(H,16,18). The fourth-order valence-corrected chi connectivity index (χ4v) is 2.95. The van der Waals surface area contributed by atoms with E-state index in [0.29, 0.717) is 12.0 Å². The summed E-state index contributed by atoms with van der Waals surface area (Å²) >= 11 is 0. The van der Waals surface area contributed by atoms with Crippen molar-refractivity contribution in [1.82, 2.24) is 10.2 Å². The van der Waals surface area contributed by atoms with E-state index in [1.807, 2.05) is 4.90 Å². The summed E-state index contributed by atoms with van der Waals surface area (Å²) in [5.41, 5.74) is 5.89. The number of rotatable bonds is 2. The maximum absolute atomic E-state index is 12.0. The third kappa shape index (κ3) is 3.87. The molecule has 1 aliphatic heterocycles. The Balaban J connectivity index is 1.65. The van der Waals surface area contributed by atoms with Crippen molar-refractivity contribution in [3.05, 3.63) is 0 Å². The highest BCUT2D eigenvalue weighted by Crippen LogP contribution is 2.22. The highest BCUT2D eigenvalue weighted by Gasteiger charge is 2.22. The van der Waals surface area contributed by atoms with Crippen LogP contribution in [0.15, 0.2) is 0 Å². The number of likely N-dealkylation sites (tertiary alicyclic amines) is 1. The lowest BCUT2D eigenvalue weighted by atomic mass is 9.86. The van der Waals surface area contributed by atoms with Crippen LogP contribution in [-0.2, 0) is 0 Å². The van der Waals surface area contributed by atoms with Crippen molar-refractivity contribution in [2.45, 2.75) is 51.5 Å². The molecule has 1 saturated carbocycles. The Morgan fingerprint density at radius 3 is 2.39 bits per heavy atom. The lowest BCUT2D eigenvalue weighted by Crippen LogP contribution is -2.45. The summed E-state index contributed by atoms with van der Waals surface area (Å²) in [6.07, 6.45) is 6.85. The van der Waals surface area contributed by atoms with Crippen LogP contribution in [0.5, 0.6) is 0 Å². The summed E-state index contributed by atoms with van der Waals surface area (Å²) in [4.78, 5) is 14.0. The molecule has 1 aliphatic carbocycles. The number of amides is 2. The van der Waals surface area contributed by atoms with Gasteiger partial charge >= 0.3 is 6.03 Å². The van der Waals surface area contributed by atoms with Crippen LogP contribution in [0, 0.1) is 11.8 Å². The number of carbonyl (C=O) groups excluding carboxylic acids is 1. The van der Waals surface area contributed by atoms with Crippen molar-refractivity contribution in [2.75, 3.05) is 19.6 Å². The first-order valence-corrected chi connectivity index (χ1v) is 7.43. The molecule has 4 heteroatoms. The molecular weight excluding hydrogens is 226 g/mol. The molecule has 1 saturated heterocycles. The predicted octanol–water partition coefficient (Wildman–Crippen LogP) is 1.95. The van der Waals surface area contributed by atoms with Crippen molar-refractivity contribution in [2.24, 2.45) is 17.6 Å². The van der Waals surface area contributed by atoms with Gasteiger partial charge in [0.05, 0.1) is 0 Å². The molecule has 104 valence electrons. The van der Waals surface area contributed by atoms with E-state index in [1.165, 1.54) is 12.8 Å². The molecule has 0 aromatic carbocycles. The minimum atomic E-state index is 0.136. The third-order valence-corrected chi connectivity index (χ3v) is 4.50. The largest absolute Gasteiger partial charge is 0.338 e. The maximum atomic E-state index is 12.0. The van der Waals surface area contributed by atoms with Gasteiger partial charge in [-0.05, 0) is 50.4 Å². The number of urea groups is 1. The van der Waals surface area contributed by atoms with Crippen LogP contribution in [0.1, 0.15) is 45.4 Å². The fraction of sp³-hybridized carbons (Fsp3) is 0.929. The van der Waals surface area contributed by atoms with Crippen LogP contribution in [0.4, 0.5) is 4.79 Å². The van der Waals surface area contributed by atoms with E-state index in [0.717, 1.165) is 51.2 Å². The van der Waals surface area contributed by atoms with E-state index in [2.05, 4.69) is 12.2 Å². The molecule has 4 nitrogen and oxygen atoms in total. The molecule has 0 aromatic heterocycles. The van der Waals surface area contributed by atoms with Gasteiger partial charge in [0.25, 0.3) is 0 Å². The van der Waals surface area contributed by atoms with Crippen LogP contribution < -0.4 is 11.1 Å². The Morgan fingerprint density at radius 1 is 1.17 bits per heavy atom. The van der Waals surface area contributed by atoms with Crippen molar-refractivity contribution >= 4 is 6.03 Å². The Bertz CT molecular complexity index is 266. The fourth-order valence-electron chi connectivity index (χ4n) is 2.95. The van der Waals surface area contributed by atoms with Crippen molar-refractivity contribution in [1.29, 1.82) is 0 Å². The minimum Gasteiger partial charge on any atom is -0.338 e. The summed E-state index contributed by atoms with van der Waals surface area (Å²) in [5.74, 6) is 1.41. The van der Waals surface area contributed by atoms with E-state index in [1.54, 1.807) is 0 Å². The van der Waals surface area contributed by atoms with Gasteiger partial charge in [-0.2, -0.15) is 0 Å².